The largest absolute Gasteiger partial charge is 0.306 e. The van der Waals surface area contributed by atoms with Gasteiger partial charge in [-0.15, -0.1) is 0 Å². The number of hydrogen-bond acceptors (Lipinski definition) is 5. The van der Waals surface area contributed by atoms with E-state index in [2.05, 4.69) is 25.4 Å². The molecule has 0 aromatic carbocycles. The van der Waals surface area contributed by atoms with E-state index in [1.807, 2.05) is 32.2 Å². The zero-order chi connectivity index (χ0) is 18.1. The molecule has 0 radical (unpaired) electrons. The highest BCUT2D eigenvalue weighted by Gasteiger charge is 2.16. The highest BCUT2D eigenvalue weighted by atomic mass is 16.1. The van der Waals surface area contributed by atoms with Crippen molar-refractivity contribution in [1.29, 1.82) is 0 Å². The van der Waals surface area contributed by atoms with E-state index in [0.717, 1.165) is 22.3 Å². The number of carbonyl (C=O) groups excluding carboxylic acids is 1. The van der Waals surface area contributed by atoms with Crippen LogP contribution in [0.5, 0.6) is 0 Å². The highest BCUT2D eigenvalue weighted by Crippen LogP contribution is 2.25. The molecular formula is C19H16N6O. The fourth-order valence-electron chi connectivity index (χ4n) is 2.73. The Balaban J connectivity index is 1.78. The number of aryl methyl sites for hydroxylation is 2. The third-order valence-corrected chi connectivity index (χ3v) is 4.12. The SMILES string of the molecule is Cc1ccc(NC(=O)c2cc(-c3cnccc3C)cn3ncnc23)nc1. The minimum atomic E-state index is -0.289. The second kappa shape index (κ2) is 6.36. The fraction of sp³-hybridized carbons (Fsp3) is 0.105. The second-order valence-corrected chi connectivity index (χ2v) is 6.04. The molecule has 1 N–H and O–H groups in total. The molecule has 0 spiro atoms. The number of anilines is 1. The Kier molecular flexibility index (Phi) is 3.89. The lowest BCUT2D eigenvalue weighted by Crippen LogP contribution is -2.15. The Morgan fingerprint density at radius 2 is 2.00 bits per heavy atom. The number of pyridine rings is 3. The van der Waals surface area contributed by atoms with Gasteiger partial charge in [0.25, 0.3) is 5.91 Å². The van der Waals surface area contributed by atoms with Crippen molar-refractivity contribution in [1.82, 2.24) is 24.6 Å². The van der Waals surface area contributed by atoms with Gasteiger partial charge in [-0.05, 0) is 43.2 Å². The van der Waals surface area contributed by atoms with Gasteiger partial charge in [0.05, 0.1) is 5.56 Å². The quantitative estimate of drug-likeness (QED) is 0.617. The Morgan fingerprint density at radius 1 is 1.12 bits per heavy atom. The molecule has 0 aliphatic rings. The summed E-state index contributed by atoms with van der Waals surface area (Å²) in [5, 5.41) is 7.00. The lowest BCUT2D eigenvalue weighted by Gasteiger charge is -2.10. The van der Waals surface area contributed by atoms with Crippen LogP contribution in [0.1, 0.15) is 21.5 Å². The normalized spacial score (nSPS) is 10.8. The Labute approximate surface area is 149 Å². The van der Waals surface area contributed by atoms with Gasteiger partial charge in [0.1, 0.15) is 12.1 Å². The third-order valence-electron chi connectivity index (χ3n) is 4.12. The smallest absolute Gasteiger partial charge is 0.260 e. The summed E-state index contributed by atoms with van der Waals surface area (Å²) in [5.41, 5.74) is 4.77. The molecule has 0 saturated carbocycles. The summed E-state index contributed by atoms with van der Waals surface area (Å²) < 4.78 is 1.60. The predicted octanol–water partition coefficient (Wildman–Crippen LogP) is 3.06. The fourth-order valence-corrected chi connectivity index (χ4v) is 2.73. The topological polar surface area (TPSA) is 85.1 Å². The van der Waals surface area contributed by atoms with Crippen LogP contribution in [0.25, 0.3) is 16.8 Å². The summed E-state index contributed by atoms with van der Waals surface area (Å²) in [7, 11) is 0. The van der Waals surface area contributed by atoms with Crippen LogP contribution in [0.3, 0.4) is 0 Å². The molecule has 0 aliphatic heterocycles. The van der Waals surface area contributed by atoms with Crippen molar-refractivity contribution < 1.29 is 4.79 Å². The first kappa shape index (κ1) is 15.9. The van der Waals surface area contributed by atoms with E-state index in [0.29, 0.717) is 17.0 Å². The monoisotopic (exact) mass is 344 g/mol. The first-order chi connectivity index (χ1) is 12.6. The predicted molar refractivity (Wildman–Crippen MR) is 97.9 cm³/mol. The van der Waals surface area contributed by atoms with Crippen molar-refractivity contribution in [3.05, 3.63) is 72.1 Å². The molecule has 7 nitrogen and oxygen atoms in total. The van der Waals surface area contributed by atoms with Crippen molar-refractivity contribution in [3.63, 3.8) is 0 Å². The van der Waals surface area contributed by atoms with E-state index in [9.17, 15) is 4.79 Å². The second-order valence-electron chi connectivity index (χ2n) is 6.04. The summed E-state index contributed by atoms with van der Waals surface area (Å²) in [4.78, 5) is 25.4. The standard InChI is InChI=1S/C19H16N6O/c1-12-3-4-17(21-8-12)24-19(26)15-7-14(10-25-18(15)22-11-23-25)16-9-20-6-5-13(16)2/h3-11H,1-2H3,(H,21,24,26). The van der Waals surface area contributed by atoms with E-state index < -0.39 is 0 Å². The minimum Gasteiger partial charge on any atom is -0.306 e. The van der Waals surface area contributed by atoms with Gasteiger partial charge in [0, 0.05) is 35.9 Å². The maximum atomic E-state index is 12.8. The summed E-state index contributed by atoms with van der Waals surface area (Å²) >= 11 is 0. The van der Waals surface area contributed by atoms with Crippen LogP contribution in [0.2, 0.25) is 0 Å². The summed E-state index contributed by atoms with van der Waals surface area (Å²) in [5.74, 6) is 0.198. The van der Waals surface area contributed by atoms with E-state index in [1.165, 1.54) is 6.33 Å². The number of amides is 1. The molecule has 0 saturated heterocycles. The summed E-state index contributed by atoms with van der Waals surface area (Å²) in [6, 6.07) is 7.39. The molecular weight excluding hydrogens is 328 g/mol. The third kappa shape index (κ3) is 2.90. The van der Waals surface area contributed by atoms with Gasteiger partial charge in [-0.25, -0.2) is 14.5 Å². The van der Waals surface area contributed by atoms with Crippen LogP contribution < -0.4 is 5.32 Å². The molecule has 0 fully saturated rings. The summed E-state index contributed by atoms with van der Waals surface area (Å²) in [6.07, 6.45) is 8.49. The van der Waals surface area contributed by atoms with Crippen LogP contribution in [-0.2, 0) is 0 Å². The molecule has 4 aromatic heterocycles. The van der Waals surface area contributed by atoms with Gasteiger partial charge in [-0.2, -0.15) is 5.10 Å². The highest BCUT2D eigenvalue weighted by molar-refractivity contribution is 6.08. The number of carbonyl (C=O) groups is 1. The lowest BCUT2D eigenvalue weighted by molar-refractivity contribution is 0.102. The molecule has 0 aliphatic carbocycles. The molecule has 4 heterocycles. The van der Waals surface area contributed by atoms with Crippen LogP contribution >= 0.6 is 0 Å². The van der Waals surface area contributed by atoms with Gasteiger partial charge in [-0.3, -0.25) is 9.78 Å². The number of fused-ring (bicyclic) bond motifs is 1. The van der Waals surface area contributed by atoms with Gasteiger partial charge < -0.3 is 5.32 Å². The number of hydrogen-bond donors (Lipinski definition) is 1. The molecule has 7 heteroatoms. The molecule has 0 atom stereocenters. The molecule has 4 rings (SSSR count). The van der Waals surface area contributed by atoms with Crippen molar-refractivity contribution in [2.75, 3.05) is 5.32 Å². The average Bonchev–Trinajstić information content (AvgIpc) is 3.11. The minimum absolute atomic E-state index is 0.289. The Morgan fingerprint density at radius 3 is 2.77 bits per heavy atom. The maximum Gasteiger partial charge on any atom is 0.260 e. The van der Waals surface area contributed by atoms with E-state index in [-0.39, 0.29) is 5.91 Å². The first-order valence-electron chi connectivity index (χ1n) is 8.10. The van der Waals surface area contributed by atoms with Crippen molar-refractivity contribution in [3.8, 4) is 11.1 Å². The summed E-state index contributed by atoms with van der Waals surface area (Å²) in [6.45, 7) is 3.94. The van der Waals surface area contributed by atoms with Crippen LogP contribution in [-0.4, -0.2) is 30.5 Å². The number of rotatable bonds is 3. The average molecular weight is 344 g/mol. The van der Waals surface area contributed by atoms with Crippen molar-refractivity contribution in [2.24, 2.45) is 0 Å². The van der Waals surface area contributed by atoms with Crippen LogP contribution in [0.4, 0.5) is 5.82 Å². The number of aromatic nitrogens is 5. The van der Waals surface area contributed by atoms with Gasteiger partial charge in [0.15, 0.2) is 5.65 Å². The lowest BCUT2D eigenvalue weighted by atomic mass is 10.0. The van der Waals surface area contributed by atoms with Crippen LogP contribution in [0.15, 0.2) is 55.4 Å². The molecule has 1 amide bonds. The molecule has 0 unspecified atom stereocenters. The zero-order valence-electron chi connectivity index (χ0n) is 14.3. The van der Waals surface area contributed by atoms with Gasteiger partial charge in [0.2, 0.25) is 0 Å². The first-order valence-corrected chi connectivity index (χ1v) is 8.10. The van der Waals surface area contributed by atoms with E-state index >= 15 is 0 Å². The molecule has 4 aromatic rings. The van der Waals surface area contributed by atoms with Gasteiger partial charge in [-0.1, -0.05) is 6.07 Å². The van der Waals surface area contributed by atoms with Crippen molar-refractivity contribution in [2.45, 2.75) is 13.8 Å². The number of nitrogens with one attached hydrogen (secondary N) is 1. The zero-order valence-corrected chi connectivity index (χ0v) is 14.3. The van der Waals surface area contributed by atoms with E-state index in [1.54, 1.807) is 35.2 Å². The maximum absolute atomic E-state index is 12.8. The molecule has 128 valence electrons. The molecule has 0 bridgehead atoms. The van der Waals surface area contributed by atoms with Crippen molar-refractivity contribution >= 4 is 17.4 Å². The Hall–Kier alpha value is -3.61. The van der Waals surface area contributed by atoms with Crippen LogP contribution in [0, 0.1) is 13.8 Å². The number of nitrogens with zero attached hydrogens (tertiary/aromatic N) is 5. The molecule has 26 heavy (non-hydrogen) atoms. The Bertz CT molecular complexity index is 1100. The van der Waals surface area contributed by atoms with Gasteiger partial charge >= 0.3 is 0 Å². The van der Waals surface area contributed by atoms with E-state index in [4.69, 9.17) is 0 Å².